The molecule has 0 atom stereocenters. The molecular weight excluding hydrogens is 280 g/mol. The predicted molar refractivity (Wildman–Crippen MR) is 82.4 cm³/mol. The van der Waals surface area contributed by atoms with Crippen LogP contribution in [0.25, 0.3) is 11.3 Å². The van der Waals surface area contributed by atoms with E-state index in [0.29, 0.717) is 5.69 Å². The molecule has 1 aliphatic carbocycles. The largest absolute Gasteiger partial charge is 0.466 e. The lowest BCUT2D eigenvalue weighted by Gasteiger charge is -2.09. The third-order valence-electron chi connectivity index (χ3n) is 3.58. The number of hydrogen-bond donors (Lipinski definition) is 1. The number of benzene rings is 1. The Morgan fingerprint density at radius 1 is 1.27 bits per heavy atom. The number of pyridine rings is 1. The number of amides is 1. The second-order valence-corrected chi connectivity index (χ2v) is 5.05. The number of esters is 1. The maximum atomic E-state index is 11.9. The molecule has 0 unspecified atom stereocenters. The number of anilines is 1. The highest BCUT2D eigenvalue weighted by molar-refractivity contribution is 6.02. The molecule has 0 spiro atoms. The van der Waals surface area contributed by atoms with Crippen LogP contribution < -0.4 is 5.32 Å². The van der Waals surface area contributed by atoms with E-state index in [2.05, 4.69) is 16.4 Å². The van der Waals surface area contributed by atoms with Crippen molar-refractivity contribution in [3.8, 4) is 11.3 Å². The van der Waals surface area contributed by atoms with Gasteiger partial charge in [-0.05, 0) is 18.6 Å². The van der Waals surface area contributed by atoms with Gasteiger partial charge in [0.05, 0.1) is 12.3 Å². The Bertz CT molecular complexity index is 740. The number of aromatic nitrogens is 1. The molecule has 1 N–H and O–H groups in total. The third-order valence-corrected chi connectivity index (χ3v) is 3.58. The van der Waals surface area contributed by atoms with Gasteiger partial charge in [0.15, 0.2) is 0 Å². The molecule has 1 heterocycles. The molecule has 0 fully saturated rings. The molecule has 1 aromatic carbocycles. The van der Waals surface area contributed by atoms with Gasteiger partial charge in [0, 0.05) is 29.4 Å². The van der Waals surface area contributed by atoms with Crippen LogP contribution in [-0.4, -0.2) is 23.5 Å². The van der Waals surface area contributed by atoms with Crippen molar-refractivity contribution >= 4 is 17.6 Å². The molecular formula is C17H16N2O3. The summed E-state index contributed by atoms with van der Waals surface area (Å²) in [7, 11) is 0. The van der Waals surface area contributed by atoms with Crippen LogP contribution in [0, 0.1) is 0 Å². The predicted octanol–water partition coefficient (Wildman–Crippen LogP) is 2.54. The van der Waals surface area contributed by atoms with Crippen LogP contribution in [0.4, 0.5) is 5.69 Å². The highest BCUT2D eigenvalue weighted by Gasteiger charge is 2.23. The fraction of sp³-hybridized carbons (Fsp3) is 0.235. The normalized spacial score (nSPS) is 11.5. The molecule has 1 aromatic heterocycles. The Morgan fingerprint density at radius 2 is 2.09 bits per heavy atom. The van der Waals surface area contributed by atoms with E-state index in [0.717, 1.165) is 23.2 Å². The van der Waals surface area contributed by atoms with E-state index >= 15 is 0 Å². The van der Waals surface area contributed by atoms with Crippen LogP contribution in [0.1, 0.15) is 24.5 Å². The maximum absolute atomic E-state index is 11.9. The smallest absolute Gasteiger partial charge is 0.315 e. The zero-order valence-electron chi connectivity index (χ0n) is 12.3. The Labute approximate surface area is 128 Å². The molecule has 0 saturated heterocycles. The average Bonchev–Trinajstić information content (AvgIpc) is 2.87. The van der Waals surface area contributed by atoms with Crippen molar-refractivity contribution in [1.82, 2.24) is 4.98 Å². The van der Waals surface area contributed by atoms with Crippen molar-refractivity contribution < 1.29 is 14.3 Å². The summed E-state index contributed by atoms with van der Waals surface area (Å²) in [5, 5.41) is 2.79. The maximum Gasteiger partial charge on any atom is 0.315 e. The van der Waals surface area contributed by atoms with Crippen molar-refractivity contribution in [2.75, 3.05) is 11.9 Å². The standard InChI is InChI=1S/C17H16N2O3/c1-2-22-16(21)10-15(20)19-14-7-8-18-17-12-6-4-3-5-11(12)9-13(14)17/h3-8H,2,9-10H2,1H3,(H,18,19,20). The summed E-state index contributed by atoms with van der Waals surface area (Å²) >= 11 is 0. The number of nitrogens with zero attached hydrogens (tertiary/aromatic N) is 1. The summed E-state index contributed by atoms with van der Waals surface area (Å²) in [6.45, 7) is 1.98. The summed E-state index contributed by atoms with van der Waals surface area (Å²) < 4.78 is 4.78. The molecule has 1 aliphatic rings. The van der Waals surface area contributed by atoms with Gasteiger partial charge in [-0.1, -0.05) is 24.3 Å². The summed E-state index contributed by atoms with van der Waals surface area (Å²) in [6, 6.07) is 9.80. The van der Waals surface area contributed by atoms with Crippen molar-refractivity contribution in [1.29, 1.82) is 0 Å². The second kappa shape index (κ2) is 5.97. The van der Waals surface area contributed by atoms with Gasteiger partial charge in [0.1, 0.15) is 6.42 Å². The molecule has 5 nitrogen and oxygen atoms in total. The number of ether oxygens (including phenoxy) is 1. The Morgan fingerprint density at radius 3 is 2.91 bits per heavy atom. The van der Waals surface area contributed by atoms with Gasteiger partial charge < -0.3 is 10.1 Å². The molecule has 1 amide bonds. The average molecular weight is 296 g/mol. The van der Waals surface area contributed by atoms with Gasteiger partial charge in [-0.15, -0.1) is 0 Å². The first-order valence-electron chi connectivity index (χ1n) is 7.20. The number of fused-ring (bicyclic) bond motifs is 3. The van der Waals surface area contributed by atoms with E-state index in [1.54, 1.807) is 19.2 Å². The minimum absolute atomic E-state index is 0.270. The highest BCUT2D eigenvalue weighted by Crippen LogP contribution is 2.38. The molecule has 3 rings (SSSR count). The van der Waals surface area contributed by atoms with Gasteiger partial charge in [-0.25, -0.2) is 0 Å². The summed E-state index contributed by atoms with van der Waals surface area (Å²) in [5.41, 5.74) is 4.87. The van der Waals surface area contributed by atoms with Gasteiger partial charge in [0.25, 0.3) is 0 Å². The zero-order chi connectivity index (χ0) is 15.5. The molecule has 0 aliphatic heterocycles. The number of rotatable bonds is 4. The molecule has 2 aromatic rings. The Hall–Kier alpha value is -2.69. The Kier molecular flexibility index (Phi) is 3.87. The van der Waals surface area contributed by atoms with E-state index in [-0.39, 0.29) is 18.9 Å². The number of hydrogen-bond acceptors (Lipinski definition) is 4. The minimum atomic E-state index is -0.519. The van der Waals surface area contributed by atoms with Crippen LogP contribution >= 0.6 is 0 Å². The fourth-order valence-electron chi connectivity index (χ4n) is 2.65. The quantitative estimate of drug-likeness (QED) is 0.593. The van der Waals surface area contributed by atoms with Gasteiger partial charge in [-0.3, -0.25) is 14.6 Å². The summed E-state index contributed by atoms with van der Waals surface area (Å²) in [4.78, 5) is 27.7. The minimum Gasteiger partial charge on any atom is -0.466 e. The summed E-state index contributed by atoms with van der Waals surface area (Å²) in [5.74, 6) is -0.892. The SMILES string of the molecule is CCOC(=O)CC(=O)Nc1ccnc2c1Cc1ccccc1-2. The van der Waals surface area contributed by atoms with Gasteiger partial charge in [0.2, 0.25) is 5.91 Å². The Balaban J connectivity index is 1.80. The molecule has 0 radical (unpaired) electrons. The highest BCUT2D eigenvalue weighted by atomic mass is 16.5. The monoisotopic (exact) mass is 296 g/mol. The van der Waals surface area contributed by atoms with E-state index < -0.39 is 5.97 Å². The van der Waals surface area contributed by atoms with Crippen LogP contribution in [-0.2, 0) is 20.7 Å². The first-order valence-corrected chi connectivity index (χ1v) is 7.20. The van der Waals surface area contributed by atoms with Gasteiger partial charge >= 0.3 is 5.97 Å². The van der Waals surface area contributed by atoms with Crippen molar-refractivity contribution in [2.45, 2.75) is 19.8 Å². The van der Waals surface area contributed by atoms with E-state index in [1.807, 2.05) is 18.2 Å². The third kappa shape index (κ3) is 2.70. The van der Waals surface area contributed by atoms with Crippen LogP contribution in [0.3, 0.4) is 0 Å². The molecule has 22 heavy (non-hydrogen) atoms. The lowest BCUT2D eigenvalue weighted by atomic mass is 10.1. The fourth-order valence-corrected chi connectivity index (χ4v) is 2.65. The molecule has 0 bridgehead atoms. The number of nitrogens with one attached hydrogen (secondary N) is 1. The van der Waals surface area contributed by atoms with Crippen LogP contribution in [0.5, 0.6) is 0 Å². The topological polar surface area (TPSA) is 68.3 Å². The van der Waals surface area contributed by atoms with E-state index in [1.165, 1.54) is 5.56 Å². The van der Waals surface area contributed by atoms with Crippen molar-refractivity contribution in [3.05, 3.63) is 47.7 Å². The lowest BCUT2D eigenvalue weighted by molar-refractivity contribution is -0.145. The van der Waals surface area contributed by atoms with E-state index in [4.69, 9.17) is 4.74 Å². The zero-order valence-corrected chi connectivity index (χ0v) is 12.3. The second-order valence-electron chi connectivity index (χ2n) is 5.05. The number of carbonyl (C=O) groups is 2. The van der Waals surface area contributed by atoms with Crippen molar-refractivity contribution in [3.63, 3.8) is 0 Å². The molecule has 5 heteroatoms. The van der Waals surface area contributed by atoms with Crippen LogP contribution in [0.2, 0.25) is 0 Å². The first-order chi connectivity index (χ1) is 10.7. The lowest BCUT2D eigenvalue weighted by Crippen LogP contribution is -2.19. The van der Waals surface area contributed by atoms with E-state index in [9.17, 15) is 9.59 Å². The van der Waals surface area contributed by atoms with Crippen molar-refractivity contribution in [2.24, 2.45) is 0 Å². The molecule has 0 saturated carbocycles. The summed E-state index contributed by atoms with van der Waals surface area (Å²) in [6.07, 6.45) is 2.12. The van der Waals surface area contributed by atoms with Crippen LogP contribution in [0.15, 0.2) is 36.5 Å². The first kappa shape index (κ1) is 14.3. The molecule has 112 valence electrons. The number of carbonyl (C=O) groups excluding carboxylic acids is 2. The van der Waals surface area contributed by atoms with Gasteiger partial charge in [-0.2, -0.15) is 0 Å².